The molecule has 1 N–H and O–H groups in total. The molecule has 0 fully saturated rings. The average molecular weight is 326 g/mol. The van der Waals surface area contributed by atoms with E-state index in [1.54, 1.807) is 24.5 Å². The Labute approximate surface area is 140 Å². The standard InChI is InChI=1S/C17H18N4OS/c1-4-15(16(22)21-13-5-7-19-8-6-13)23-17-14(10-18)11(2)9-12(3)20-17/h5-9,15H,4H2,1-3H3,(H,19,21,22). The molecular weight excluding hydrogens is 308 g/mol. The Kier molecular flexibility index (Phi) is 5.72. The number of rotatable bonds is 5. The Balaban J connectivity index is 2.20. The molecule has 0 spiro atoms. The van der Waals surface area contributed by atoms with Crippen molar-refractivity contribution in [1.82, 2.24) is 9.97 Å². The number of thioether (sulfide) groups is 1. The van der Waals surface area contributed by atoms with Crippen molar-refractivity contribution in [2.24, 2.45) is 0 Å². The minimum absolute atomic E-state index is 0.103. The molecule has 2 rings (SSSR count). The fourth-order valence-electron chi connectivity index (χ4n) is 2.14. The van der Waals surface area contributed by atoms with Crippen LogP contribution in [0.3, 0.4) is 0 Å². The highest BCUT2D eigenvalue weighted by Gasteiger charge is 2.21. The molecule has 118 valence electrons. The Morgan fingerprint density at radius 1 is 1.39 bits per heavy atom. The van der Waals surface area contributed by atoms with E-state index in [2.05, 4.69) is 21.4 Å². The van der Waals surface area contributed by atoms with Gasteiger partial charge in [0.2, 0.25) is 5.91 Å². The van der Waals surface area contributed by atoms with Crippen LogP contribution < -0.4 is 5.32 Å². The van der Waals surface area contributed by atoms with Crippen LogP contribution in [0.1, 0.15) is 30.2 Å². The summed E-state index contributed by atoms with van der Waals surface area (Å²) in [6.07, 6.45) is 3.90. The van der Waals surface area contributed by atoms with Crippen LogP contribution in [0, 0.1) is 25.2 Å². The van der Waals surface area contributed by atoms with E-state index in [1.165, 1.54) is 11.8 Å². The van der Waals surface area contributed by atoms with E-state index in [1.807, 2.05) is 26.8 Å². The minimum Gasteiger partial charge on any atom is -0.325 e. The molecular formula is C17H18N4OS. The molecule has 0 saturated carbocycles. The molecule has 0 aromatic carbocycles. The number of aromatic nitrogens is 2. The van der Waals surface area contributed by atoms with Gasteiger partial charge >= 0.3 is 0 Å². The van der Waals surface area contributed by atoms with Crippen molar-refractivity contribution in [2.75, 3.05) is 5.32 Å². The number of pyridine rings is 2. The quantitative estimate of drug-likeness (QED) is 0.851. The Hall–Kier alpha value is -2.39. The van der Waals surface area contributed by atoms with E-state index >= 15 is 0 Å². The first-order valence-corrected chi connectivity index (χ1v) is 8.19. The molecule has 2 aromatic rings. The summed E-state index contributed by atoms with van der Waals surface area (Å²) >= 11 is 1.33. The van der Waals surface area contributed by atoms with Crippen molar-refractivity contribution in [2.45, 2.75) is 37.5 Å². The number of carbonyl (C=O) groups excluding carboxylic acids is 1. The van der Waals surface area contributed by atoms with Gasteiger partial charge in [0, 0.05) is 23.8 Å². The largest absolute Gasteiger partial charge is 0.325 e. The van der Waals surface area contributed by atoms with Gasteiger partial charge in [-0.15, -0.1) is 0 Å². The van der Waals surface area contributed by atoms with Crippen LogP contribution in [-0.4, -0.2) is 21.1 Å². The van der Waals surface area contributed by atoms with E-state index in [0.717, 1.165) is 11.3 Å². The molecule has 6 heteroatoms. The third-order valence-corrected chi connectivity index (χ3v) is 4.64. The summed E-state index contributed by atoms with van der Waals surface area (Å²) in [6.45, 7) is 5.71. The van der Waals surface area contributed by atoms with Gasteiger partial charge in [-0.05, 0) is 44.0 Å². The van der Waals surface area contributed by atoms with Gasteiger partial charge < -0.3 is 5.32 Å². The molecule has 2 aromatic heterocycles. The summed E-state index contributed by atoms with van der Waals surface area (Å²) in [6, 6.07) is 7.54. The van der Waals surface area contributed by atoms with Gasteiger partial charge in [0.25, 0.3) is 0 Å². The fourth-order valence-corrected chi connectivity index (χ4v) is 3.26. The van der Waals surface area contributed by atoms with Gasteiger partial charge in [-0.1, -0.05) is 18.7 Å². The zero-order chi connectivity index (χ0) is 16.8. The summed E-state index contributed by atoms with van der Waals surface area (Å²) in [5, 5.41) is 12.5. The summed E-state index contributed by atoms with van der Waals surface area (Å²) in [5.74, 6) is -0.103. The van der Waals surface area contributed by atoms with Gasteiger partial charge in [0.05, 0.1) is 10.8 Å². The predicted molar refractivity (Wildman–Crippen MR) is 91.2 cm³/mol. The van der Waals surface area contributed by atoms with E-state index in [4.69, 9.17) is 0 Å². The van der Waals surface area contributed by atoms with Crippen molar-refractivity contribution >= 4 is 23.4 Å². The van der Waals surface area contributed by atoms with Crippen molar-refractivity contribution in [1.29, 1.82) is 5.26 Å². The molecule has 0 radical (unpaired) electrons. The lowest BCUT2D eigenvalue weighted by molar-refractivity contribution is -0.115. The number of anilines is 1. The smallest absolute Gasteiger partial charge is 0.237 e. The van der Waals surface area contributed by atoms with E-state index in [-0.39, 0.29) is 11.2 Å². The lowest BCUT2D eigenvalue weighted by atomic mass is 10.1. The third kappa shape index (κ3) is 4.30. The molecule has 2 heterocycles. The van der Waals surface area contributed by atoms with Gasteiger partial charge in [0.15, 0.2) is 0 Å². The second kappa shape index (κ2) is 7.75. The second-order valence-electron chi connectivity index (χ2n) is 5.11. The molecule has 0 bridgehead atoms. The summed E-state index contributed by atoms with van der Waals surface area (Å²) in [5.41, 5.74) is 2.97. The predicted octanol–water partition coefficient (Wildman–Crippen LogP) is 3.47. The first-order chi connectivity index (χ1) is 11.0. The second-order valence-corrected chi connectivity index (χ2v) is 6.30. The summed E-state index contributed by atoms with van der Waals surface area (Å²) in [7, 11) is 0. The maximum absolute atomic E-state index is 12.5. The minimum atomic E-state index is -0.316. The molecule has 0 aliphatic rings. The summed E-state index contributed by atoms with van der Waals surface area (Å²) in [4.78, 5) is 20.8. The summed E-state index contributed by atoms with van der Waals surface area (Å²) < 4.78 is 0. The normalized spacial score (nSPS) is 11.6. The maximum atomic E-state index is 12.5. The van der Waals surface area contributed by atoms with Crippen LogP contribution in [0.4, 0.5) is 5.69 Å². The number of aryl methyl sites for hydroxylation is 2. The number of amides is 1. The van der Waals surface area contributed by atoms with Crippen molar-refractivity contribution in [3.05, 3.63) is 47.4 Å². The number of hydrogen-bond acceptors (Lipinski definition) is 5. The topological polar surface area (TPSA) is 78.7 Å². The number of carbonyl (C=O) groups is 1. The van der Waals surface area contributed by atoms with Crippen LogP contribution in [0.5, 0.6) is 0 Å². The Morgan fingerprint density at radius 3 is 2.70 bits per heavy atom. The van der Waals surface area contributed by atoms with Crippen LogP contribution in [-0.2, 0) is 4.79 Å². The van der Waals surface area contributed by atoms with Crippen LogP contribution >= 0.6 is 11.8 Å². The molecule has 1 atom stereocenters. The number of nitrogens with zero attached hydrogens (tertiary/aromatic N) is 3. The van der Waals surface area contributed by atoms with Crippen molar-refractivity contribution < 1.29 is 4.79 Å². The van der Waals surface area contributed by atoms with E-state index < -0.39 is 0 Å². The average Bonchev–Trinajstić information content (AvgIpc) is 2.53. The molecule has 23 heavy (non-hydrogen) atoms. The van der Waals surface area contributed by atoms with Crippen molar-refractivity contribution in [3.8, 4) is 6.07 Å². The molecule has 1 amide bonds. The van der Waals surface area contributed by atoms with E-state index in [0.29, 0.717) is 22.7 Å². The zero-order valence-corrected chi connectivity index (χ0v) is 14.1. The van der Waals surface area contributed by atoms with Crippen LogP contribution in [0.2, 0.25) is 0 Å². The van der Waals surface area contributed by atoms with Gasteiger partial charge in [-0.2, -0.15) is 5.26 Å². The van der Waals surface area contributed by atoms with Crippen LogP contribution in [0.15, 0.2) is 35.6 Å². The highest BCUT2D eigenvalue weighted by molar-refractivity contribution is 8.00. The van der Waals surface area contributed by atoms with Gasteiger partial charge in [-0.25, -0.2) is 4.98 Å². The molecule has 0 aliphatic heterocycles. The number of nitriles is 1. The van der Waals surface area contributed by atoms with Gasteiger partial charge in [-0.3, -0.25) is 9.78 Å². The molecule has 0 aliphatic carbocycles. The number of nitrogens with one attached hydrogen (secondary N) is 1. The SMILES string of the molecule is CCC(Sc1nc(C)cc(C)c1C#N)C(=O)Nc1ccncc1. The molecule has 5 nitrogen and oxygen atoms in total. The Bertz CT molecular complexity index is 740. The highest BCUT2D eigenvalue weighted by Crippen LogP contribution is 2.29. The van der Waals surface area contributed by atoms with Crippen molar-refractivity contribution in [3.63, 3.8) is 0 Å². The lowest BCUT2D eigenvalue weighted by Gasteiger charge is -2.16. The van der Waals surface area contributed by atoms with Gasteiger partial charge in [0.1, 0.15) is 11.1 Å². The number of hydrogen-bond donors (Lipinski definition) is 1. The zero-order valence-electron chi connectivity index (χ0n) is 13.3. The fraction of sp³-hybridized carbons (Fsp3) is 0.294. The third-order valence-electron chi connectivity index (χ3n) is 3.29. The molecule has 1 unspecified atom stereocenters. The maximum Gasteiger partial charge on any atom is 0.237 e. The first-order valence-electron chi connectivity index (χ1n) is 7.31. The molecule has 0 saturated heterocycles. The van der Waals surface area contributed by atoms with Crippen LogP contribution in [0.25, 0.3) is 0 Å². The lowest BCUT2D eigenvalue weighted by Crippen LogP contribution is -2.24. The monoisotopic (exact) mass is 326 g/mol. The van der Waals surface area contributed by atoms with E-state index in [9.17, 15) is 10.1 Å². The Morgan fingerprint density at radius 2 is 2.09 bits per heavy atom. The first kappa shape index (κ1) is 17.0. The highest BCUT2D eigenvalue weighted by atomic mass is 32.2.